The first-order valence-corrected chi connectivity index (χ1v) is 7.95. The van der Waals surface area contributed by atoms with Crippen molar-refractivity contribution >= 4 is 17.5 Å². The fourth-order valence-electron chi connectivity index (χ4n) is 2.15. The summed E-state index contributed by atoms with van der Waals surface area (Å²) in [7, 11) is 0. The number of carbonyl (C=O) groups excluding carboxylic acids is 1. The van der Waals surface area contributed by atoms with Gasteiger partial charge in [-0.1, -0.05) is 29.8 Å². The molecule has 6 nitrogen and oxygen atoms in total. The molecule has 3 rings (SSSR count). The molecule has 3 aromatic rings. The zero-order chi connectivity index (χ0) is 18.5. The molecular weight excluding hydrogens is 361 g/mol. The van der Waals surface area contributed by atoms with Crippen LogP contribution in [0, 0.1) is 5.82 Å². The van der Waals surface area contributed by atoms with E-state index in [1.54, 1.807) is 24.3 Å². The molecule has 0 atom stereocenters. The third-order valence-electron chi connectivity index (χ3n) is 3.45. The van der Waals surface area contributed by atoms with Gasteiger partial charge in [0, 0.05) is 24.5 Å². The van der Waals surface area contributed by atoms with Crippen LogP contribution < -0.4 is 15.6 Å². The Balaban J connectivity index is 1.74. The Morgan fingerprint density at radius 1 is 1.27 bits per heavy atom. The van der Waals surface area contributed by atoms with Gasteiger partial charge in [-0.3, -0.25) is 9.59 Å². The van der Waals surface area contributed by atoms with E-state index in [-0.39, 0.29) is 28.8 Å². The van der Waals surface area contributed by atoms with Crippen LogP contribution in [0.2, 0.25) is 5.02 Å². The zero-order valence-corrected chi connectivity index (χ0v) is 14.1. The molecule has 2 N–H and O–H groups in total. The van der Waals surface area contributed by atoms with Gasteiger partial charge in [-0.2, -0.15) is 0 Å². The molecule has 2 aromatic heterocycles. The van der Waals surface area contributed by atoms with Crippen LogP contribution in [-0.4, -0.2) is 15.9 Å². The maximum Gasteiger partial charge on any atom is 0.266 e. The first kappa shape index (κ1) is 17.6. The van der Waals surface area contributed by atoms with Gasteiger partial charge in [-0.05, 0) is 24.3 Å². The monoisotopic (exact) mass is 373 g/mol. The maximum atomic E-state index is 13.7. The average molecular weight is 374 g/mol. The van der Waals surface area contributed by atoms with Crippen molar-refractivity contribution in [3.05, 3.63) is 87.2 Å². The summed E-state index contributed by atoms with van der Waals surface area (Å²) < 4.78 is 19.3. The number of pyridine rings is 2. The van der Waals surface area contributed by atoms with E-state index in [2.05, 4.69) is 15.3 Å². The van der Waals surface area contributed by atoms with Gasteiger partial charge < -0.3 is 15.0 Å². The van der Waals surface area contributed by atoms with Crippen LogP contribution >= 0.6 is 11.6 Å². The highest BCUT2D eigenvalue weighted by atomic mass is 35.5. The van der Waals surface area contributed by atoms with E-state index in [0.29, 0.717) is 5.56 Å². The minimum Gasteiger partial charge on any atom is -0.436 e. The second-order valence-electron chi connectivity index (χ2n) is 5.25. The van der Waals surface area contributed by atoms with Crippen molar-refractivity contribution in [2.24, 2.45) is 0 Å². The molecule has 0 radical (unpaired) electrons. The van der Waals surface area contributed by atoms with E-state index >= 15 is 0 Å². The predicted octanol–water partition coefficient (Wildman–Crippen LogP) is 3.28. The van der Waals surface area contributed by atoms with Crippen LogP contribution in [0.5, 0.6) is 11.6 Å². The number of H-pyrrole nitrogens is 1. The Hall–Kier alpha value is -3.19. The highest BCUT2D eigenvalue weighted by molar-refractivity contribution is 6.30. The molecule has 132 valence electrons. The third kappa shape index (κ3) is 4.07. The van der Waals surface area contributed by atoms with Gasteiger partial charge >= 0.3 is 0 Å². The number of ether oxygens (including phenoxy) is 1. The lowest BCUT2D eigenvalue weighted by molar-refractivity contribution is 0.0950. The van der Waals surface area contributed by atoms with Crippen molar-refractivity contribution in [2.75, 3.05) is 0 Å². The number of para-hydroxylation sites is 1. The van der Waals surface area contributed by atoms with Crippen LogP contribution in [0.15, 0.2) is 59.7 Å². The number of hydrogen-bond acceptors (Lipinski definition) is 4. The molecular formula is C18H13ClFN3O3. The first-order chi connectivity index (χ1) is 12.5. The number of aromatic amines is 1. The highest BCUT2D eigenvalue weighted by Gasteiger charge is 2.12. The average Bonchev–Trinajstić information content (AvgIpc) is 2.65. The van der Waals surface area contributed by atoms with Gasteiger partial charge in [0.05, 0.1) is 5.56 Å². The minimum absolute atomic E-state index is 0.0335. The molecule has 26 heavy (non-hydrogen) atoms. The van der Waals surface area contributed by atoms with Crippen molar-refractivity contribution in [3.8, 4) is 11.6 Å². The third-order valence-corrected chi connectivity index (χ3v) is 3.73. The number of nitrogens with one attached hydrogen (secondary N) is 2. The molecule has 0 bridgehead atoms. The van der Waals surface area contributed by atoms with Crippen LogP contribution in [0.1, 0.15) is 15.9 Å². The van der Waals surface area contributed by atoms with Gasteiger partial charge in [0.15, 0.2) is 11.6 Å². The molecule has 1 aromatic carbocycles. The molecule has 0 unspecified atom stereocenters. The Bertz CT molecular complexity index is 1010. The molecule has 0 saturated heterocycles. The van der Waals surface area contributed by atoms with Gasteiger partial charge in [0.25, 0.3) is 11.5 Å². The summed E-state index contributed by atoms with van der Waals surface area (Å²) in [5.41, 5.74) is 0.283. The van der Waals surface area contributed by atoms with Gasteiger partial charge in [0.2, 0.25) is 5.88 Å². The summed E-state index contributed by atoms with van der Waals surface area (Å²) in [5.74, 6) is -0.747. The lowest BCUT2D eigenvalue weighted by Crippen LogP contribution is -2.24. The largest absolute Gasteiger partial charge is 0.436 e. The van der Waals surface area contributed by atoms with E-state index in [9.17, 15) is 14.0 Å². The van der Waals surface area contributed by atoms with Gasteiger partial charge in [-0.15, -0.1) is 0 Å². The molecule has 0 spiro atoms. The summed E-state index contributed by atoms with van der Waals surface area (Å²) in [4.78, 5) is 29.9. The minimum atomic E-state index is -0.518. The van der Waals surface area contributed by atoms with E-state index in [0.717, 1.165) is 0 Å². The normalized spacial score (nSPS) is 10.4. The molecule has 8 heteroatoms. The second-order valence-corrected chi connectivity index (χ2v) is 5.66. The summed E-state index contributed by atoms with van der Waals surface area (Å²) >= 11 is 5.72. The Morgan fingerprint density at radius 3 is 2.85 bits per heavy atom. The quantitative estimate of drug-likeness (QED) is 0.718. The summed E-state index contributed by atoms with van der Waals surface area (Å²) in [6.45, 7) is 0.0905. The van der Waals surface area contributed by atoms with Crippen molar-refractivity contribution in [1.29, 1.82) is 0 Å². The number of benzene rings is 1. The molecule has 2 heterocycles. The van der Waals surface area contributed by atoms with Crippen LogP contribution in [-0.2, 0) is 6.54 Å². The predicted molar refractivity (Wildman–Crippen MR) is 94.0 cm³/mol. The van der Waals surface area contributed by atoms with Crippen LogP contribution in [0.25, 0.3) is 0 Å². The van der Waals surface area contributed by atoms with Crippen LogP contribution in [0.3, 0.4) is 0 Å². The lowest BCUT2D eigenvalue weighted by atomic mass is 10.2. The van der Waals surface area contributed by atoms with Crippen molar-refractivity contribution in [1.82, 2.24) is 15.3 Å². The molecule has 0 aliphatic carbocycles. The Kier molecular flexibility index (Phi) is 5.28. The maximum absolute atomic E-state index is 13.7. The Labute approximate surface area is 152 Å². The number of hydrogen-bond donors (Lipinski definition) is 2. The van der Waals surface area contributed by atoms with E-state index < -0.39 is 17.3 Å². The summed E-state index contributed by atoms with van der Waals surface area (Å²) in [6.07, 6.45) is 2.77. The molecule has 1 amide bonds. The van der Waals surface area contributed by atoms with E-state index in [1.165, 1.54) is 30.6 Å². The number of aromatic nitrogens is 2. The SMILES string of the molecule is O=C(NCc1cccnc1Oc1ccccc1F)c1c[nH]c(=O)c(Cl)c1. The second kappa shape index (κ2) is 7.79. The number of rotatable bonds is 5. The number of amides is 1. The molecule has 0 fully saturated rings. The topological polar surface area (TPSA) is 84.1 Å². The fourth-order valence-corrected chi connectivity index (χ4v) is 2.32. The number of halogens is 2. The fraction of sp³-hybridized carbons (Fsp3) is 0.0556. The van der Waals surface area contributed by atoms with Gasteiger partial charge in [0.1, 0.15) is 5.02 Å². The molecule has 0 saturated carbocycles. The zero-order valence-electron chi connectivity index (χ0n) is 13.3. The molecule has 0 aliphatic rings. The summed E-state index contributed by atoms with van der Waals surface area (Å²) in [6, 6.07) is 10.6. The van der Waals surface area contributed by atoms with Crippen molar-refractivity contribution in [2.45, 2.75) is 6.54 Å². The van der Waals surface area contributed by atoms with Crippen molar-refractivity contribution in [3.63, 3.8) is 0 Å². The highest BCUT2D eigenvalue weighted by Crippen LogP contribution is 2.25. The summed E-state index contributed by atoms with van der Waals surface area (Å²) in [5, 5.41) is 2.59. The van der Waals surface area contributed by atoms with E-state index in [1.807, 2.05) is 0 Å². The molecule has 0 aliphatic heterocycles. The van der Waals surface area contributed by atoms with Crippen LogP contribution in [0.4, 0.5) is 4.39 Å². The number of nitrogens with zero attached hydrogens (tertiary/aromatic N) is 1. The Morgan fingerprint density at radius 2 is 2.08 bits per heavy atom. The smallest absolute Gasteiger partial charge is 0.266 e. The van der Waals surface area contributed by atoms with Gasteiger partial charge in [-0.25, -0.2) is 9.37 Å². The van der Waals surface area contributed by atoms with E-state index in [4.69, 9.17) is 16.3 Å². The standard InChI is InChI=1S/C18H13ClFN3O3/c19-13-8-12(10-23-17(13)25)16(24)22-9-11-4-3-7-21-18(11)26-15-6-2-1-5-14(15)20/h1-8,10H,9H2,(H,22,24)(H,23,25). The lowest BCUT2D eigenvalue weighted by Gasteiger charge is -2.11. The first-order valence-electron chi connectivity index (χ1n) is 7.57. The van der Waals surface area contributed by atoms with Crippen molar-refractivity contribution < 1.29 is 13.9 Å². The number of carbonyl (C=O) groups is 1.